The van der Waals surface area contributed by atoms with Crippen LogP contribution in [-0.2, 0) is 14.6 Å². The molecule has 0 radical (unpaired) electrons. The maximum atomic E-state index is 11.5. The van der Waals surface area contributed by atoms with Gasteiger partial charge >= 0.3 is 6.09 Å². The highest BCUT2D eigenvalue weighted by Crippen LogP contribution is 2.32. The lowest BCUT2D eigenvalue weighted by Crippen LogP contribution is -2.27. The first-order chi connectivity index (χ1) is 8.30. The molecule has 1 aromatic rings. The Labute approximate surface area is 106 Å². The molecule has 2 rings (SSSR count). The number of nitrogens with zero attached hydrogens (tertiary/aromatic N) is 1. The Morgan fingerprint density at radius 3 is 2.50 bits per heavy atom. The molecule has 5 nitrogen and oxygen atoms in total. The van der Waals surface area contributed by atoms with E-state index in [0.29, 0.717) is 5.56 Å². The minimum Gasteiger partial charge on any atom is -0.439 e. The van der Waals surface area contributed by atoms with Crippen LogP contribution >= 0.6 is 0 Å². The molecular weight excluding hydrogens is 254 g/mol. The monoisotopic (exact) mass is 269 g/mol. The summed E-state index contributed by atoms with van der Waals surface area (Å²) in [5, 5.41) is 0. The average molecular weight is 269 g/mol. The van der Waals surface area contributed by atoms with Crippen molar-refractivity contribution in [2.45, 2.75) is 24.0 Å². The van der Waals surface area contributed by atoms with E-state index < -0.39 is 22.0 Å². The molecule has 1 fully saturated rings. The summed E-state index contributed by atoms with van der Waals surface area (Å²) in [5.41, 5.74) is 0.697. The average Bonchev–Trinajstić information content (AvgIpc) is 2.56. The lowest BCUT2D eigenvalue weighted by Gasteiger charge is -2.17. The second kappa shape index (κ2) is 4.28. The highest BCUT2D eigenvalue weighted by molar-refractivity contribution is 7.90. The molecule has 0 aromatic heterocycles. The molecule has 1 aliphatic heterocycles. The Balaban J connectivity index is 2.39. The van der Waals surface area contributed by atoms with Crippen LogP contribution in [0.15, 0.2) is 29.2 Å². The molecular formula is C12H15NO4S. The van der Waals surface area contributed by atoms with Gasteiger partial charge in [0.15, 0.2) is 9.84 Å². The summed E-state index contributed by atoms with van der Waals surface area (Å²) in [6.07, 6.45) is 0.337. The molecule has 0 saturated carbocycles. The fraction of sp³-hybridized carbons (Fsp3) is 0.417. The van der Waals surface area contributed by atoms with E-state index in [9.17, 15) is 13.2 Å². The van der Waals surface area contributed by atoms with Crippen molar-refractivity contribution in [2.24, 2.45) is 0 Å². The summed E-state index contributed by atoms with van der Waals surface area (Å²) < 4.78 is 28.2. The Morgan fingerprint density at radius 1 is 1.33 bits per heavy atom. The van der Waals surface area contributed by atoms with Gasteiger partial charge in [0.25, 0.3) is 0 Å². The second-order valence-corrected chi connectivity index (χ2v) is 6.52. The zero-order valence-electron chi connectivity index (χ0n) is 10.5. The van der Waals surface area contributed by atoms with Crippen molar-refractivity contribution < 1.29 is 17.9 Å². The molecule has 1 saturated heterocycles. The van der Waals surface area contributed by atoms with Crippen molar-refractivity contribution in [3.63, 3.8) is 0 Å². The van der Waals surface area contributed by atoms with Gasteiger partial charge in [0.1, 0.15) is 6.10 Å². The maximum absolute atomic E-state index is 11.5. The van der Waals surface area contributed by atoms with Crippen LogP contribution in [0.4, 0.5) is 4.79 Å². The zero-order chi connectivity index (χ0) is 13.5. The molecule has 0 unspecified atom stereocenters. The van der Waals surface area contributed by atoms with Crippen molar-refractivity contribution >= 4 is 15.9 Å². The van der Waals surface area contributed by atoms with E-state index in [1.165, 1.54) is 11.0 Å². The van der Waals surface area contributed by atoms with Gasteiger partial charge in [0, 0.05) is 13.3 Å². The van der Waals surface area contributed by atoms with Crippen LogP contribution in [0.5, 0.6) is 0 Å². The Bertz CT molecular complexity index is 581. The Morgan fingerprint density at radius 2 is 2.00 bits per heavy atom. The molecule has 6 heteroatoms. The smallest absolute Gasteiger partial charge is 0.410 e. The maximum Gasteiger partial charge on any atom is 0.410 e. The number of hydrogen-bond donors (Lipinski definition) is 0. The van der Waals surface area contributed by atoms with E-state index in [4.69, 9.17) is 4.74 Å². The summed E-state index contributed by atoms with van der Waals surface area (Å²) >= 11 is 0. The number of cyclic esters (lactones) is 1. The molecule has 1 aromatic carbocycles. The molecule has 0 spiro atoms. The Hall–Kier alpha value is -1.56. The summed E-state index contributed by atoms with van der Waals surface area (Å²) in [5.74, 6) is 0. The lowest BCUT2D eigenvalue weighted by atomic mass is 10.0. The van der Waals surface area contributed by atoms with Gasteiger partial charge in [-0.15, -0.1) is 0 Å². The number of likely N-dealkylation sites (N-methyl/N-ethyl adjacent to an activating group) is 1. The van der Waals surface area contributed by atoms with Crippen LogP contribution in [0.25, 0.3) is 0 Å². The van der Waals surface area contributed by atoms with E-state index in [0.717, 1.165) is 6.26 Å². The van der Waals surface area contributed by atoms with E-state index in [1.807, 2.05) is 6.92 Å². The summed E-state index contributed by atoms with van der Waals surface area (Å²) in [6.45, 7) is 1.86. The molecule has 1 aliphatic rings. The SMILES string of the molecule is C[C@H]1[C@@H](c2cccc(S(C)(=O)=O)c2)OC(=O)N1C. The number of sulfone groups is 1. The highest BCUT2D eigenvalue weighted by atomic mass is 32.2. The first kappa shape index (κ1) is 12.9. The van der Waals surface area contributed by atoms with Crippen LogP contribution in [0.1, 0.15) is 18.6 Å². The van der Waals surface area contributed by atoms with Crippen molar-refractivity contribution in [3.05, 3.63) is 29.8 Å². The van der Waals surface area contributed by atoms with Gasteiger partial charge in [-0.05, 0) is 24.6 Å². The quantitative estimate of drug-likeness (QED) is 0.818. The van der Waals surface area contributed by atoms with E-state index in [1.54, 1.807) is 25.2 Å². The van der Waals surface area contributed by atoms with Gasteiger partial charge in [-0.2, -0.15) is 0 Å². The predicted octanol–water partition coefficient (Wildman–Crippen LogP) is 1.60. The largest absolute Gasteiger partial charge is 0.439 e. The van der Waals surface area contributed by atoms with Crippen LogP contribution in [-0.4, -0.2) is 38.8 Å². The van der Waals surface area contributed by atoms with Crippen molar-refractivity contribution in [1.29, 1.82) is 0 Å². The molecule has 98 valence electrons. The molecule has 2 atom stereocenters. The van der Waals surface area contributed by atoms with Crippen LogP contribution in [0.2, 0.25) is 0 Å². The first-order valence-electron chi connectivity index (χ1n) is 5.54. The number of hydrogen-bond acceptors (Lipinski definition) is 4. The molecule has 1 heterocycles. The number of ether oxygens (including phenoxy) is 1. The van der Waals surface area contributed by atoms with Gasteiger partial charge in [-0.25, -0.2) is 13.2 Å². The van der Waals surface area contributed by atoms with Crippen molar-refractivity contribution in [2.75, 3.05) is 13.3 Å². The third-order valence-corrected chi connectivity index (χ3v) is 4.29. The van der Waals surface area contributed by atoms with Gasteiger partial charge in [-0.1, -0.05) is 12.1 Å². The van der Waals surface area contributed by atoms with Gasteiger partial charge in [-0.3, -0.25) is 0 Å². The highest BCUT2D eigenvalue weighted by Gasteiger charge is 2.37. The zero-order valence-corrected chi connectivity index (χ0v) is 11.3. The third kappa shape index (κ3) is 2.20. The van der Waals surface area contributed by atoms with E-state index in [2.05, 4.69) is 0 Å². The molecule has 18 heavy (non-hydrogen) atoms. The molecule has 0 aliphatic carbocycles. The summed E-state index contributed by atoms with van der Waals surface area (Å²) in [6, 6.07) is 6.40. The van der Waals surface area contributed by atoms with Gasteiger partial charge in [0.05, 0.1) is 10.9 Å². The third-order valence-electron chi connectivity index (χ3n) is 3.18. The normalized spacial score (nSPS) is 24.2. The summed E-state index contributed by atoms with van der Waals surface area (Å²) in [4.78, 5) is 13.2. The topological polar surface area (TPSA) is 63.7 Å². The number of carbonyl (C=O) groups excluding carboxylic acids is 1. The Kier molecular flexibility index (Phi) is 3.06. The standard InChI is InChI=1S/C12H15NO4S/c1-8-11(17-12(14)13(8)2)9-5-4-6-10(7-9)18(3,15)16/h4-8,11H,1-3H3/t8-,11-/m0/s1. The first-order valence-corrected chi connectivity index (χ1v) is 7.43. The molecule has 0 N–H and O–H groups in total. The number of carbonyl (C=O) groups is 1. The number of rotatable bonds is 2. The van der Waals surface area contributed by atoms with Crippen LogP contribution < -0.4 is 0 Å². The molecule has 0 bridgehead atoms. The minimum absolute atomic E-state index is 0.118. The summed E-state index contributed by atoms with van der Waals surface area (Å²) in [7, 11) is -1.59. The van der Waals surface area contributed by atoms with Crippen LogP contribution in [0.3, 0.4) is 0 Å². The number of benzene rings is 1. The van der Waals surface area contributed by atoms with Crippen molar-refractivity contribution in [1.82, 2.24) is 4.90 Å². The number of amides is 1. The predicted molar refractivity (Wildman–Crippen MR) is 66.0 cm³/mol. The van der Waals surface area contributed by atoms with Gasteiger partial charge in [0.2, 0.25) is 0 Å². The lowest BCUT2D eigenvalue weighted by molar-refractivity contribution is 0.131. The van der Waals surface area contributed by atoms with Crippen molar-refractivity contribution in [3.8, 4) is 0 Å². The van der Waals surface area contributed by atoms with E-state index in [-0.39, 0.29) is 10.9 Å². The van der Waals surface area contributed by atoms with Crippen LogP contribution in [0, 0.1) is 0 Å². The fourth-order valence-corrected chi connectivity index (χ4v) is 2.60. The fourth-order valence-electron chi connectivity index (χ4n) is 1.93. The molecule has 1 amide bonds. The minimum atomic E-state index is -3.25. The van der Waals surface area contributed by atoms with E-state index >= 15 is 0 Å². The van der Waals surface area contributed by atoms with Gasteiger partial charge < -0.3 is 9.64 Å². The second-order valence-electron chi connectivity index (χ2n) is 4.50.